The number of phenols is 2. The quantitative estimate of drug-likeness (QED) is 0.455. The van der Waals surface area contributed by atoms with Crippen molar-refractivity contribution in [1.82, 2.24) is 0 Å². The Labute approximate surface area is 137 Å². The van der Waals surface area contributed by atoms with Crippen LogP contribution in [0.3, 0.4) is 0 Å². The first kappa shape index (κ1) is 18.7. The summed E-state index contributed by atoms with van der Waals surface area (Å²) in [5, 5.41) is 19.6. The zero-order chi connectivity index (χ0) is 17.6. The number of carbonyl (C=O) groups is 2. The SMILES string of the molecule is CC[C@H](C)/C=C(C)/C=C/C(=O)Cc1cc(O)c(C)c(O)c1C=O. The first-order valence-corrected chi connectivity index (χ1v) is 7.69. The molecule has 4 heteroatoms. The fourth-order valence-corrected chi connectivity index (χ4v) is 2.20. The number of hydrogen-bond donors (Lipinski definition) is 2. The molecule has 0 radical (unpaired) electrons. The molecular formula is C19H24O4. The van der Waals surface area contributed by atoms with Gasteiger partial charge < -0.3 is 10.2 Å². The topological polar surface area (TPSA) is 74.6 Å². The first-order valence-electron chi connectivity index (χ1n) is 7.69. The highest BCUT2D eigenvalue weighted by Crippen LogP contribution is 2.32. The number of allylic oxidation sites excluding steroid dienone is 4. The lowest BCUT2D eigenvalue weighted by molar-refractivity contribution is -0.114. The van der Waals surface area contributed by atoms with Gasteiger partial charge in [-0.15, -0.1) is 0 Å². The molecule has 1 aromatic carbocycles. The van der Waals surface area contributed by atoms with Crippen LogP contribution in [0.2, 0.25) is 0 Å². The molecule has 0 heterocycles. The molecule has 0 aliphatic rings. The van der Waals surface area contributed by atoms with Crippen LogP contribution in [0.4, 0.5) is 0 Å². The van der Waals surface area contributed by atoms with E-state index in [1.165, 1.54) is 19.1 Å². The van der Waals surface area contributed by atoms with Crippen molar-refractivity contribution < 1.29 is 19.8 Å². The Kier molecular flexibility index (Phi) is 6.76. The molecule has 1 atom stereocenters. The molecule has 4 nitrogen and oxygen atoms in total. The fraction of sp³-hybridized carbons (Fsp3) is 0.368. The van der Waals surface area contributed by atoms with Crippen molar-refractivity contribution in [1.29, 1.82) is 0 Å². The standard InChI is InChI=1S/C19H24O4/c1-5-12(2)8-13(3)6-7-16(21)9-15-10-18(22)14(4)19(23)17(15)11-20/h6-8,10-12,22-23H,5,9H2,1-4H3/b7-6+,13-8+/t12-/m0/s1. The predicted molar refractivity (Wildman–Crippen MR) is 91.0 cm³/mol. The van der Waals surface area contributed by atoms with Gasteiger partial charge in [0.25, 0.3) is 0 Å². The van der Waals surface area contributed by atoms with E-state index in [9.17, 15) is 19.8 Å². The number of benzene rings is 1. The van der Waals surface area contributed by atoms with Crippen molar-refractivity contribution in [2.45, 2.75) is 40.5 Å². The minimum absolute atomic E-state index is 0.0499. The van der Waals surface area contributed by atoms with E-state index in [0.29, 0.717) is 17.8 Å². The van der Waals surface area contributed by atoms with Gasteiger partial charge in [-0.05, 0) is 37.5 Å². The highest BCUT2D eigenvalue weighted by Gasteiger charge is 2.15. The van der Waals surface area contributed by atoms with E-state index in [1.54, 1.807) is 6.08 Å². The van der Waals surface area contributed by atoms with Crippen LogP contribution in [0.15, 0.2) is 29.9 Å². The van der Waals surface area contributed by atoms with Gasteiger partial charge in [0.15, 0.2) is 12.1 Å². The third-order valence-corrected chi connectivity index (χ3v) is 3.86. The normalized spacial score (nSPS) is 13.3. The molecule has 2 N–H and O–H groups in total. The predicted octanol–water partition coefficient (Wildman–Crippen LogP) is 3.88. The number of hydrogen-bond acceptors (Lipinski definition) is 4. The Morgan fingerprint density at radius 3 is 2.52 bits per heavy atom. The molecule has 0 saturated heterocycles. The molecule has 0 spiro atoms. The third-order valence-electron chi connectivity index (χ3n) is 3.86. The van der Waals surface area contributed by atoms with Gasteiger partial charge in [0.2, 0.25) is 0 Å². The second kappa shape index (κ2) is 8.32. The monoisotopic (exact) mass is 316 g/mol. The van der Waals surface area contributed by atoms with E-state index in [1.807, 2.05) is 6.92 Å². The number of aromatic hydroxyl groups is 2. The van der Waals surface area contributed by atoms with Gasteiger partial charge in [0.05, 0.1) is 5.56 Å². The van der Waals surface area contributed by atoms with Crippen LogP contribution in [-0.4, -0.2) is 22.3 Å². The van der Waals surface area contributed by atoms with Crippen LogP contribution in [0.5, 0.6) is 11.5 Å². The van der Waals surface area contributed by atoms with Crippen molar-refractivity contribution >= 4 is 12.1 Å². The van der Waals surface area contributed by atoms with Crippen LogP contribution >= 0.6 is 0 Å². The molecule has 1 aromatic rings. The van der Waals surface area contributed by atoms with Gasteiger partial charge in [-0.3, -0.25) is 9.59 Å². The lowest BCUT2D eigenvalue weighted by atomic mass is 9.98. The summed E-state index contributed by atoms with van der Waals surface area (Å²) in [6.07, 6.45) is 6.76. The molecule has 0 bridgehead atoms. The molecular weight excluding hydrogens is 292 g/mol. The maximum Gasteiger partial charge on any atom is 0.160 e. The van der Waals surface area contributed by atoms with Crippen LogP contribution in [0.1, 0.15) is 48.7 Å². The summed E-state index contributed by atoms with van der Waals surface area (Å²) >= 11 is 0. The van der Waals surface area contributed by atoms with E-state index in [4.69, 9.17) is 0 Å². The van der Waals surface area contributed by atoms with Crippen LogP contribution < -0.4 is 0 Å². The van der Waals surface area contributed by atoms with Gasteiger partial charge in [0, 0.05) is 12.0 Å². The zero-order valence-corrected chi connectivity index (χ0v) is 14.1. The summed E-state index contributed by atoms with van der Waals surface area (Å²) in [4.78, 5) is 23.2. The van der Waals surface area contributed by atoms with E-state index < -0.39 is 0 Å². The average molecular weight is 316 g/mol. The minimum Gasteiger partial charge on any atom is -0.508 e. The highest BCUT2D eigenvalue weighted by atomic mass is 16.3. The summed E-state index contributed by atoms with van der Waals surface area (Å²) in [5.74, 6) is -0.164. The van der Waals surface area contributed by atoms with Gasteiger partial charge >= 0.3 is 0 Å². The Hall–Kier alpha value is -2.36. The van der Waals surface area contributed by atoms with Crippen LogP contribution in [-0.2, 0) is 11.2 Å². The van der Waals surface area contributed by atoms with Crippen molar-refractivity contribution in [2.24, 2.45) is 5.92 Å². The number of phenolic OH excluding ortho intramolecular Hbond substituents is 2. The Bertz CT molecular complexity index is 654. The first-order chi connectivity index (χ1) is 10.8. The van der Waals surface area contributed by atoms with Crippen molar-refractivity contribution in [3.05, 3.63) is 46.6 Å². The lowest BCUT2D eigenvalue weighted by Gasteiger charge is -2.09. The molecule has 0 fully saturated rings. The zero-order valence-electron chi connectivity index (χ0n) is 14.1. The number of carbonyl (C=O) groups excluding carboxylic acids is 2. The van der Waals surface area contributed by atoms with Crippen LogP contribution in [0, 0.1) is 12.8 Å². The van der Waals surface area contributed by atoms with Gasteiger partial charge in [-0.25, -0.2) is 0 Å². The largest absolute Gasteiger partial charge is 0.508 e. The molecule has 124 valence electrons. The second-order valence-electron chi connectivity index (χ2n) is 5.83. The molecule has 1 rings (SSSR count). The van der Waals surface area contributed by atoms with Crippen molar-refractivity contribution in [3.8, 4) is 11.5 Å². The van der Waals surface area contributed by atoms with E-state index >= 15 is 0 Å². The summed E-state index contributed by atoms with van der Waals surface area (Å²) in [5.41, 5.74) is 1.59. The van der Waals surface area contributed by atoms with Crippen LogP contribution in [0.25, 0.3) is 0 Å². The van der Waals surface area contributed by atoms with Gasteiger partial charge in [-0.1, -0.05) is 38.0 Å². The maximum absolute atomic E-state index is 12.1. The fourth-order valence-electron chi connectivity index (χ4n) is 2.20. The smallest absolute Gasteiger partial charge is 0.160 e. The lowest BCUT2D eigenvalue weighted by Crippen LogP contribution is -2.03. The molecule has 0 unspecified atom stereocenters. The molecule has 0 aliphatic heterocycles. The number of rotatable bonds is 7. The Morgan fingerprint density at radius 1 is 1.30 bits per heavy atom. The summed E-state index contributed by atoms with van der Waals surface area (Å²) in [6, 6.07) is 1.35. The second-order valence-corrected chi connectivity index (χ2v) is 5.83. The van der Waals surface area contributed by atoms with E-state index in [-0.39, 0.29) is 34.8 Å². The third kappa shape index (κ3) is 5.09. The minimum atomic E-state index is -0.278. The molecule has 0 amide bonds. The molecule has 0 saturated carbocycles. The average Bonchev–Trinajstić information content (AvgIpc) is 2.51. The van der Waals surface area contributed by atoms with Crippen molar-refractivity contribution in [2.75, 3.05) is 0 Å². The summed E-state index contributed by atoms with van der Waals surface area (Å²) < 4.78 is 0. The Balaban J connectivity index is 2.94. The summed E-state index contributed by atoms with van der Waals surface area (Å²) in [7, 11) is 0. The Morgan fingerprint density at radius 2 is 1.96 bits per heavy atom. The molecule has 0 aliphatic carbocycles. The number of ketones is 1. The van der Waals surface area contributed by atoms with E-state index in [0.717, 1.165) is 12.0 Å². The van der Waals surface area contributed by atoms with Gasteiger partial charge in [-0.2, -0.15) is 0 Å². The summed E-state index contributed by atoms with van der Waals surface area (Å²) in [6.45, 7) is 7.64. The van der Waals surface area contributed by atoms with Gasteiger partial charge in [0.1, 0.15) is 11.5 Å². The number of aldehydes is 1. The van der Waals surface area contributed by atoms with Crippen molar-refractivity contribution in [3.63, 3.8) is 0 Å². The van der Waals surface area contributed by atoms with E-state index in [2.05, 4.69) is 19.9 Å². The molecule has 23 heavy (non-hydrogen) atoms. The molecule has 0 aromatic heterocycles. The maximum atomic E-state index is 12.1. The highest BCUT2D eigenvalue weighted by molar-refractivity contribution is 5.94.